The smallest absolute Gasteiger partial charge is 0.150 e. The van der Waals surface area contributed by atoms with Gasteiger partial charge in [0.25, 0.3) is 0 Å². The fourth-order valence-corrected chi connectivity index (χ4v) is 3.16. The van der Waals surface area contributed by atoms with Crippen LogP contribution in [0.2, 0.25) is 0 Å². The Morgan fingerprint density at radius 3 is 2.41 bits per heavy atom. The summed E-state index contributed by atoms with van der Waals surface area (Å²) in [5, 5.41) is 0. The van der Waals surface area contributed by atoms with E-state index in [0.717, 1.165) is 16.9 Å². The minimum absolute atomic E-state index is 0.214. The SMILES string of the molecule is CCS(=O)(=O)CCCSc1ccc(C=O)cc1. The summed E-state index contributed by atoms with van der Waals surface area (Å²) in [4.78, 5) is 11.5. The molecule has 5 heteroatoms. The molecule has 0 bridgehead atoms. The van der Waals surface area contributed by atoms with Crippen molar-refractivity contribution < 1.29 is 13.2 Å². The summed E-state index contributed by atoms with van der Waals surface area (Å²) in [5.41, 5.74) is 0.655. The molecule has 0 aliphatic rings. The highest BCUT2D eigenvalue weighted by Gasteiger charge is 2.06. The van der Waals surface area contributed by atoms with E-state index in [1.54, 1.807) is 30.8 Å². The lowest BCUT2D eigenvalue weighted by Gasteiger charge is -2.02. The largest absolute Gasteiger partial charge is 0.298 e. The quantitative estimate of drug-likeness (QED) is 0.434. The van der Waals surface area contributed by atoms with Gasteiger partial charge in [-0.2, -0.15) is 0 Å². The maximum absolute atomic E-state index is 11.2. The van der Waals surface area contributed by atoms with Crippen molar-refractivity contribution in [1.29, 1.82) is 0 Å². The zero-order chi connectivity index (χ0) is 12.7. The maximum Gasteiger partial charge on any atom is 0.150 e. The first-order valence-corrected chi connectivity index (χ1v) is 8.26. The molecule has 0 aliphatic heterocycles. The number of hydrogen-bond donors (Lipinski definition) is 0. The van der Waals surface area contributed by atoms with Crippen molar-refractivity contribution in [3.05, 3.63) is 29.8 Å². The van der Waals surface area contributed by atoms with Gasteiger partial charge < -0.3 is 0 Å². The lowest BCUT2D eigenvalue weighted by molar-refractivity contribution is 0.112. The van der Waals surface area contributed by atoms with Crippen molar-refractivity contribution in [2.75, 3.05) is 17.3 Å². The predicted octanol–water partition coefficient (Wildman–Crippen LogP) is 2.42. The van der Waals surface area contributed by atoms with Crippen LogP contribution in [0.5, 0.6) is 0 Å². The molecule has 0 atom stereocenters. The Labute approximate surface area is 107 Å². The Morgan fingerprint density at radius 2 is 1.88 bits per heavy atom. The summed E-state index contributed by atoms with van der Waals surface area (Å²) in [5.74, 6) is 1.24. The Morgan fingerprint density at radius 1 is 1.24 bits per heavy atom. The second-order valence-electron chi connectivity index (χ2n) is 3.63. The van der Waals surface area contributed by atoms with Gasteiger partial charge in [-0.1, -0.05) is 19.1 Å². The van der Waals surface area contributed by atoms with Gasteiger partial charge in [0.1, 0.15) is 16.1 Å². The highest BCUT2D eigenvalue weighted by atomic mass is 32.2. The van der Waals surface area contributed by atoms with Crippen molar-refractivity contribution >= 4 is 27.9 Å². The number of sulfone groups is 1. The van der Waals surface area contributed by atoms with Gasteiger partial charge in [-0.05, 0) is 24.3 Å². The molecule has 0 saturated heterocycles. The number of thioether (sulfide) groups is 1. The van der Waals surface area contributed by atoms with Crippen LogP contribution in [0.25, 0.3) is 0 Å². The number of carbonyl (C=O) groups is 1. The van der Waals surface area contributed by atoms with Crippen molar-refractivity contribution in [3.63, 3.8) is 0 Å². The number of aldehydes is 1. The topological polar surface area (TPSA) is 51.2 Å². The van der Waals surface area contributed by atoms with E-state index in [1.807, 2.05) is 12.1 Å². The Balaban J connectivity index is 2.33. The fraction of sp³-hybridized carbons (Fsp3) is 0.417. The first kappa shape index (κ1) is 14.3. The van der Waals surface area contributed by atoms with Crippen LogP contribution < -0.4 is 0 Å². The molecule has 17 heavy (non-hydrogen) atoms. The predicted molar refractivity (Wildman–Crippen MR) is 71.5 cm³/mol. The van der Waals surface area contributed by atoms with Gasteiger partial charge in [0.15, 0.2) is 0 Å². The van der Waals surface area contributed by atoms with Crippen LogP contribution in [0.4, 0.5) is 0 Å². The standard InChI is InChI=1S/C12H16O3S2/c1-2-17(14,15)9-3-8-16-12-6-4-11(10-13)5-7-12/h4-7,10H,2-3,8-9H2,1H3. The van der Waals surface area contributed by atoms with Crippen LogP contribution in [-0.4, -0.2) is 32.0 Å². The number of benzene rings is 1. The third kappa shape index (κ3) is 5.37. The van der Waals surface area contributed by atoms with E-state index in [0.29, 0.717) is 12.0 Å². The minimum atomic E-state index is -2.84. The van der Waals surface area contributed by atoms with E-state index in [4.69, 9.17) is 0 Å². The van der Waals surface area contributed by atoms with Crippen molar-refractivity contribution in [1.82, 2.24) is 0 Å². The van der Waals surface area contributed by atoms with Crippen LogP contribution in [0.15, 0.2) is 29.2 Å². The summed E-state index contributed by atoms with van der Waals surface area (Å²) in [7, 11) is -2.84. The van der Waals surface area contributed by atoms with Gasteiger partial charge in [0.05, 0.1) is 5.75 Å². The van der Waals surface area contributed by atoms with Gasteiger partial charge >= 0.3 is 0 Å². The highest BCUT2D eigenvalue weighted by Crippen LogP contribution is 2.19. The molecule has 1 aromatic rings. The number of carbonyl (C=O) groups excluding carboxylic acids is 1. The molecule has 0 aromatic heterocycles. The van der Waals surface area contributed by atoms with E-state index >= 15 is 0 Å². The Bertz CT molecular complexity index is 449. The molecule has 0 amide bonds. The second kappa shape index (κ2) is 6.81. The average Bonchev–Trinajstić information content (AvgIpc) is 2.35. The molecule has 0 unspecified atom stereocenters. The van der Waals surface area contributed by atoms with Gasteiger partial charge in [-0.3, -0.25) is 4.79 Å². The molecule has 0 heterocycles. The van der Waals surface area contributed by atoms with E-state index in [-0.39, 0.29) is 11.5 Å². The van der Waals surface area contributed by atoms with E-state index in [9.17, 15) is 13.2 Å². The summed E-state index contributed by atoms with van der Waals surface area (Å²) in [6, 6.07) is 7.28. The van der Waals surface area contributed by atoms with Gasteiger partial charge in [0, 0.05) is 16.2 Å². The average molecular weight is 272 g/mol. The lowest BCUT2D eigenvalue weighted by atomic mass is 10.2. The van der Waals surface area contributed by atoms with Crippen LogP contribution in [0.1, 0.15) is 23.7 Å². The molecule has 1 rings (SSSR count). The van der Waals surface area contributed by atoms with E-state index in [2.05, 4.69) is 0 Å². The Kier molecular flexibility index (Phi) is 5.71. The minimum Gasteiger partial charge on any atom is -0.298 e. The summed E-state index contributed by atoms with van der Waals surface area (Å²) < 4.78 is 22.5. The van der Waals surface area contributed by atoms with Crippen molar-refractivity contribution in [2.24, 2.45) is 0 Å². The molecule has 3 nitrogen and oxygen atoms in total. The summed E-state index contributed by atoms with van der Waals surface area (Å²) in [6.45, 7) is 1.67. The molecular formula is C12H16O3S2. The monoisotopic (exact) mass is 272 g/mol. The maximum atomic E-state index is 11.2. The number of rotatable bonds is 7. The molecule has 0 saturated carbocycles. The summed E-state index contributed by atoms with van der Waals surface area (Å²) in [6.07, 6.45) is 1.47. The van der Waals surface area contributed by atoms with Gasteiger partial charge in [0.2, 0.25) is 0 Å². The molecule has 1 aromatic carbocycles. The van der Waals surface area contributed by atoms with Gasteiger partial charge in [-0.25, -0.2) is 8.42 Å². The molecular weight excluding hydrogens is 256 g/mol. The zero-order valence-corrected chi connectivity index (χ0v) is 11.4. The molecule has 94 valence electrons. The second-order valence-corrected chi connectivity index (χ2v) is 7.27. The van der Waals surface area contributed by atoms with Crippen LogP contribution in [-0.2, 0) is 9.84 Å². The number of hydrogen-bond acceptors (Lipinski definition) is 4. The van der Waals surface area contributed by atoms with Crippen LogP contribution in [0, 0.1) is 0 Å². The Hall–Kier alpha value is -0.810. The van der Waals surface area contributed by atoms with E-state index < -0.39 is 9.84 Å². The zero-order valence-electron chi connectivity index (χ0n) is 9.76. The van der Waals surface area contributed by atoms with Crippen LogP contribution >= 0.6 is 11.8 Å². The van der Waals surface area contributed by atoms with Gasteiger partial charge in [-0.15, -0.1) is 11.8 Å². The normalized spacial score (nSPS) is 11.4. The summed E-state index contributed by atoms with van der Waals surface area (Å²) >= 11 is 1.61. The van der Waals surface area contributed by atoms with Crippen LogP contribution in [0.3, 0.4) is 0 Å². The first-order valence-electron chi connectivity index (χ1n) is 5.46. The van der Waals surface area contributed by atoms with E-state index in [1.165, 1.54) is 0 Å². The first-order chi connectivity index (χ1) is 8.07. The third-order valence-corrected chi connectivity index (χ3v) is 5.21. The fourth-order valence-electron chi connectivity index (χ4n) is 1.26. The lowest BCUT2D eigenvalue weighted by Crippen LogP contribution is -2.09. The highest BCUT2D eigenvalue weighted by molar-refractivity contribution is 7.99. The van der Waals surface area contributed by atoms with Crippen molar-refractivity contribution in [2.45, 2.75) is 18.2 Å². The molecule has 0 spiro atoms. The molecule has 0 aliphatic carbocycles. The third-order valence-electron chi connectivity index (χ3n) is 2.32. The molecule has 0 N–H and O–H groups in total. The molecule has 0 fully saturated rings. The molecule has 0 radical (unpaired) electrons. The van der Waals surface area contributed by atoms with Crippen molar-refractivity contribution in [3.8, 4) is 0 Å².